The Balaban J connectivity index is 1.13. The average molecular weight is 454 g/mol. The van der Waals surface area contributed by atoms with Crippen molar-refractivity contribution in [3.8, 4) is 0 Å². The van der Waals surface area contributed by atoms with E-state index in [4.69, 9.17) is 0 Å². The Labute approximate surface area is 199 Å². The first-order valence-corrected chi connectivity index (χ1v) is 11.7. The van der Waals surface area contributed by atoms with Crippen molar-refractivity contribution in [1.29, 1.82) is 0 Å². The Morgan fingerprint density at radius 1 is 0.735 bits per heavy atom. The first-order chi connectivity index (χ1) is 16.6. The monoisotopic (exact) mass is 453 g/mol. The van der Waals surface area contributed by atoms with Crippen LogP contribution in [0.1, 0.15) is 45.5 Å². The molecule has 0 bridgehead atoms. The summed E-state index contributed by atoms with van der Waals surface area (Å²) in [6, 6.07) is 24.0. The lowest BCUT2D eigenvalue weighted by Gasteiger charge is -2.19. The van der Waals surface area contributed by atoms with Crippen LogP contribution in [0.25, 0.3) is 0 Å². The lowest BCUT2D eigenvalue weighted by atomic mass is 10.1. The largest absolute Gasteiger partial charge is 0.367 e. The molecule has 3 aromatic carbocycles. The molecule has 2 heterocycles. The van der Waals surface area contributed by atoms with E-state index in [1.165, 1.54) is 21.7 Å². The van der Waals surface area contributed by atoms with E-state index in [2.05, 4.69) is 58.7 Å². The van der Waals surface area contributed by atoms with E-state index in [-0.39, 0.29) is 37.1 Å². The second-order valence-electron chi connectivity index (χ2n) is 8.87. The number of benzene rings is 3. The Kier molecular flexibility index (Phi) is 6.12. The highest BCUT2D eigenvalue weighted by Crippen LogP contribution is 2.28. The van der Waals surface area contributed by atoms with Crippen molar-refractivity contribution in [2.45, 2.75) is 38.9 Å². The molecule has 1 N–H and O–H groups in total. The highest BCUT2D eigenvalue weighted by molar-refractivity contribution is 6.01. The van der Waals surface area contributed by atoms with Gasteiger partial charge in [-0.2, -0.15) is 0 Å². The highest BCUT2D eigenvalue weighted by Gasteiger charge is 2.28. The van der Waals surface area contributed by atoms with Crippen LogP contribution in [-0.4, -0.2) is 29.2 Å². The van der Waals surface area contributed by atoms with Gasteiger partial charge in [0.2, 0.25) is 11.8 Å². The van der Waals surface area contributed by atoms with Gasteiger partial charge in [0.05, 0.1) is 6.54 Å². The molecule has 1 fully saturated rings. The molecule has 172 valence electrons. The first kappa shape index (κ1) is 21.9. The maximum absolute atomic E-state index is 12.6. The maximum Gasteiger partial charge on any atom is 0.251 e. The average Bonchev–Trinajstić information content (AvgIpc) is 3.42. The molecule has 1 saturated heterocycles. The summed E-state index contributed by atoms with van der Waals surface area (Å²) in [5, 5.41) is 2.96. The molecule has 3 amide bonds. The number of fused-ring (bicyclic) bond motifs is 1. The van der Waals surface area contributed by atoms with Crippen LogP contribution in [0.3, 0.4) is 0 Å². The zero-order valence-corrected chi connectivity index (χ0v) is 19.0. The summed E-state index contributed by atoms with van der Waals surface area (Å²) in [6.07, 6.45) is 1.66. The fourth-order valence-electron chi connectivity index (χ4n) is 4.58. The van der Waals surface area contributed by atoms with E-state index in [1.807, 2.05) is 0 Å². The molecule has 34 heavy (non-hydrogen) atoms. The molecule has 0 aliphatic carbocycles. The zero-order chi connectivity index (χ0) is 23.5. The van der Waals surface area contributed by atoms with Crippen molar-refractivity contribution in [3.63, 3.8) is 0 Å². The number of amides is 3. The van der Waals surface area contributed by atoms with E-state index in [0.717, 1.165) is 30.6 Å². The number of imide groups is 1. The number of hydrogen-bond acceptors (Lipinski definition) is 4. The molecule has 0 saturated carbocycles. The molecule has 0 radical (unpaired) electrons. The Morgan fingerprint density at radius 2 is 1.35 bits per heavy atom. The van der Waals surface area contributed by atoms with Crippen LogP contribution in [0, 0.1) is 0 Å². The third kappa shape index (κ3) is 4.71. The number of hydrogen-bond donors (Lipinski definition) is 1. The SMILES string of the molecule is O=C(NCc1ccc(CN2CCc3ccccc32)cc1)c1ccc(CN2C(=O)CCC2=O)cc1. The van der Waals surface area contributed by atoms with Crippen LogP contribution < -0.4 is 10.2 Å². The number of para-hydroxylation sites is 1. The Morgan fingerprint density at radius 3 is 2.09 bits per heavy atom. The minimum Gasteiger partial charge on any atom is -0.367 e. The van der Waals surface area contributed by atoms with Gasteiger partial charge in [0, 0.05) is 43.7 Å². The molecule has 0 spiro atoms. The minimum absolute atomic E-state index is 0.136. The van der Waals surface area contributed by atoms with Gasteiger partial charge in [-0.1, -0.05) is 54.6 Å². The van der Waals surface area contributed by atoms with Gasteiger partial charge in [-0.3, -0.25) is 19.3 Å². The van der Waals surface area contributed by atoms with Crippen LogP contribution in [0.4, 0.5) is 5.69 Å². The zero-order valence-electron chi connectivity index (χ0n) is 19.0. The quantitative estimate of drug-likeness (QED) is 0.552. The molecule has 2 aliphatic heterocycles. The third-order valence-corrected chi connectivity index (χ3v) is 6.54. The molecule has 5 rings (SSSR count). The van der Waals surface area contributed by atoms with Crippen molar-refractivity contribution in [2.24, 2.45) is 0 Å². The molecule has 6 heteroatoms. The third-order valence-electron chi connectivity index (χ3n) is 6.54. The molecular formula is C28H27N3O3. The summed E-state index contributed by atoms with van der Waals surface area (Å²) in [6.45, 7) is 2.63. The second-order valence-corrected chi connectivity index (χ2v) is 8.87. The van der Waals surface area contributed by atoms with Crippen molar-refractivity contribution in [3.05, 3.63) is 101 Å². The molecular weight excluding hydrogens is 426 g/mol. The lowest BCUT2D eigenvalue weighted by molar-refractivity contribution is -0.139. The Hall–Kier alpha value is -3.93. The van der Waals surface area contributed by atoms with Gasteiger partial charge in [-0.05, 0) is 46.9 Å². The second kappa shape index (κ2) is 9.51. The van der Waals surface area contributed by atoms with E-state index in [1.54, 1.807) is 24.3 Å². The number of carbonyl (C=O) groups is 3. The van der Waals surface area contributed by atoms with Crippen LogP contribution in [-0.2, 0) is 35.6 Å². The van der Waals surface area contributed by atoms with Gasteiger partial charge < -0.3 is 10.2 Å². The van der Waals surface area contributed by atoms with Crippen LogP contribution in [0.5, 0.6) is 0 Å². The van der Waals surface area contributed by atoms with E-state index >= 15 is 0 Å². The summed E-state index contributed by atoms with van der Waals surface area (Å²) in [4.78, 5) is 39.8. The number of anilines is 1. The van der Waals surface area contributed by atoms with Crippen LogP contribution >= 0.6 is 0 Å². The number of carbonyl (C=O) groups excluding carboxylic acids is 3. The number of likely N-dealkylation sites (tertiary alicyclic amines) is 1. The van der Waals surface area contributed by atoms with Crippen molar-refractivity contribution < 1.29 is 14.4 Å². The molecule has 0 aromatic heterocycles. The summed E-state index contributed by atoms with van der Waals surface area (Å²) in [5.74, 6) is -0.427. The molecule has 0 unspecified atom stereocenters. The molecule has 6 nitrogen and oxygen atoms in total. The van der Waals surface area contributed by atoms with Gasteiger partial charge in [-0.25, -0.2) is 0 Å². The number of rotatable bonds is 7. The van der Waals surface area contributed by atoms with Gasteiger partial charge in [-0.15, -0.1) is 0 Å². The summed E-state index contributed by atoms with van der Waals surface area (Å²) < 4.78 is 0. The van der Waals surface area contributed by atoms with Crippen LogP contribution in [0.15, 0.2) is 72.8 Å². The van der Waals surface area contributed by atoms with Crippen LogP contribution in [0.2, 0.25) is 0 Å². The number of nitrogens with one attached hydrogen (secondary N) is 1. The maximum atomic E-state index is 12.6. The van der Waals surface area contributed by atoms with Crippen molar-refractivity contribution >= 4 is 23.4 Å². The normalized spacial score (nSPS) is 15.1. The fraction of sp³-hybridized carbons (Fsp3) is 0.250. The minimum atomic E-state index is -0.155. The smallest absolute Gasteiger partial charge is 0.251 e. The van der Waals surface area contributed by atoms with Gasteiger partial charge in [0.1, 0.15) is 0 Å². The predicted octanol–water partition coefficient (Wildman–Crippen LogP) is 3.83. The van der Waals surface area contributed by atoms with Gasteiger partial charge in [0.25, 0.3) is 5.91 Å². The summed E-state index contributed by atoms with van der Waals surface area (Å²) >= 11 is 0. The van der Waals surface area contributed by atoms with E-state index in [0.29, 0.717) is 12.1 Å². The summed E-state index contributed by atoms with van der Waals surface area (Å²) in [5.41, 5.74) is 6.40. The van der Waals surface area contributed by atoms with Crippen molar-refractivity contribution in [1.82, 2.24) is 10.2 Å². The highest BCUT2D eigenvalue weighted by atomic mass is 16.2. The number of nitrogens with zero attached hydrogens (tertiary/aromatic N) is 2. The van der Waals surface area contributed by atoms with Gasteiger partial charge >= 0.3 is 0 Å². The van der Waals surface area contributed by atoms with E-state index in [9.17, 15) is 14.4 Å². The van der Waals surface area contributed by atoms with E-state index < -0.39 is 0 Å². The molecule has 3 aromatic rings. The molecule has 2 aliphatic rings. The van der Waals surface area contributed by atoms with Gasteiger partial charge in [0.15, 0.2) is 0 Å². The lowest BCUT2D eigenvalue weighted by Crippen LogP contribution is -2.28. The standard InChI is InChI=1S/C28H27N3O3/c32-26-13-14-27(33)31(26)19-22-9-11-24(12-10-22)28(34)29-17-20-5-7-21(8-6-20)18-30-16-15-23-3-1-2-4-25(23)30/h1-12H,13-19H2,(H,29,34). The topological polar surface area (TPSA) is 69.7 Å². The first-order valence-electron chi connectivity index (χ1n) is 11.7. The molecule has 0 atom stereocenters. The Bertz CT molecular complexity index is 1200. The van der Waals surface area contributed by atoms with Crippen molar-refractivity contribution in [2.75, 3.05) is 11.4 Å². The predicted molar refractivity (Wildman–Crippen MR) is 130 cm³/mol. The summed E-state index contributed by atoms with van der Waals surface area (Å²) in [7, 11) is 0. The fourth-order valence-corrected chi connectivity index (χ4v) is 4.58.